The van der Waals surface area contributed by atoms with Crippen molar-refractivity contribution in [2.24, 2.45) is 16.7 Å². The summed E-state index contributed by atoms with van der Waals surface area (Å²) in [7, 11) is 0. The van der Waals surface area contributed by atoms with Gasteiger partial charge in [-0.25, -0.2) is 0 Å². The normalized spacial score (nSPS) is 35.4. The van der Waals surface area contributed by atoms with E-state index in [0.29, 0.717) is 10.8 Å². The van der Waals surface area contributed by atoms with E-state index in [-0.39, 0.29) is 0 Å². The van der Waals surface area contributed by atoms with Gasteiger partial charge in [-0.1, -0.05) is 60.3 Å². The lowest BCUT2D eigenvalue weighted by atomic mass is 9.51. The lowest BCUT2D eigenvalue weighted by molar-refractivity contribution is -0.0376. The van der Waals surface area contributed by atoms with Crippen molar-refractivity contribution in [1.29, 1.82) is 0 Å². The van der Waals surface area contributed by atoms with E-state index in [1.54, 1.807) is 0 Å². The summed E-state index contributed by atoms with van der Waals surface area (Å²) < 4.78 is 0. The summed E-state index contributed by atoms with van der Waals surface area (Å²) in [6.45, 7) is 12.3. The van der Waals surface area contributed by atoms with E-state index in [4.69, 9.17) is 0 Å². The summed E-state index contributed by atoms with van der Waals surface area (Å²) in [6, 6.07) is 0. The number of hydrogen-bond acceptors (Lipinski definition) is 0. The molecule has 0 aromatic rings. The third-order valence-electron chi connectivity index (χ3n) is 5.21. The largest absolute Gasteiger partial charge is 0.0654 e. The van der Waals surface area contributed by atoms with Gasteiger partial charge in [0.15, 0.2) is 0 Å². The van der Waals surface area contributed by atoms with E-state index in [0.717, 1.165) is 5.92 Å². The lowest BCUT2D eigenvalue weighted by Gasteiger charge is -2.54. The van der Waals surface area contributed by atoms with E-state index in [2.05, 4.69) is 34.6 Å². The molecule has 1 aliphatic rings. The zero-order valence-electron chi connectivity index (χ0n) is 11.5. The molecule has 1 rings (SSSR count). The third-order valence-corrected chi connectivity index (χ3v) is 5.21. The van der Waals surface area contributed by atoms with Crippen molar-refractivity contribution in [3.63, 3.8) is 0 Å². The summed E-state index contributed by atoms with van der Waals surface area (Å²) in [6.07, 6.45) is 9.94. The third kappa shape index (κ3) is 2.40. The Hall–Kier alpha value is 0. The van der Waals surface area contributed by atoms with Gasteiger partial charge in [-0.2, -0.15) is 0 Å². The summed E-state index contributed by atoms with van der Waals surface area (Å²) in [4.78, 5) is 0. The highest BCUT2D eigenvalue weighted by molar-refractivity contribution is 4.97. The van der Waals surface area contributed by atoms with E-state index in [1.165, 1.54) is 44.9 Å². The highest BCUT2D eigenvalue weighted by atomic mass is 14.5. The van der Waals surface area contributed by atoms with Crippen molar-refractivity contribution >= 4 is 0 Å². The zero-order valence-corrected chi connectivity index (χ0v) is 11.5. The van der Waals surface area contributed by atoms with Crippen molar-refractivity contribution in [2.45, 2.75) is 79.6 Å². The standard InChI is InChI=1S/C15H30/c1-6-9-13-10-8-12-14(3,4)15(13,5)11-7-2/h13H,6-12H2,1-5H3. The van der Waals surface area contributed by atoms with Crippen LogP contribution in [0.5, 0.6) is 0 Å². The van der Waals surface area contributed by atoms with Crippen molar-refractivity contribution in [2.75, 3.05) is 0 Å². The summed E-state index contributed by atoms with van der Waals surface area (Å²) >= 11 is 0. The first-order valence-electron chi connectivity index (χ1n) is 6.98. The number of hydrogen-bond donors (Lipinski definition) is 0. The highest BCUT2D eigenvalue weighted by Crippen LogP contribution is 2.57. The molecule has 0 bridgehead atoms. The molecule has 0 aliphatic heterocycles. The predicted molar refractivity (Wildman–Crippen MR) is 69.0 cm³/mol. The Balaban J connectivity index is 2.85. The zero-order chi connectivity index (χ0) is 11.5. The van der Waals surface area contributed by atoms with E-state index in [9.17, 15) is 0 Å². The summed E-state index contributed by atoms with van der Waals surface area (Å²) in [5.74, 6) is 0.978. The molecule has 0 nitrogen and oxygen atoms in total. The molecule has 0 aromatic carbocycles. The molecule has 0 heteroatoms. The fraction of sp³-hybridized carbons (Fsp3) is 1.00. The maximum Gasteiger partial charge on any atom is -0.0246 e. The Morgan fingerprint density at radius 1 is 1.07 bits per heavy atom. The molecule has 0 heterocycles. The van der Waals surface area contributed by atoms with Crippen LogP contribution in [0.2, 0.25) is 0 Å². The van der Waals surface area contributed by atoms with Crippen LogP contribution < -0.4 is 0 Å². The molecule has 2 atom stereocenters. The molecule has 90 valence electrons. The molecule has 1 fully saturated rings. The lowest BCUT2D eigenvalue weighted by Crippen LogP contribution is -2.44. The fourth-order valence-corrected chi connectivity index (χ4v) is 3.82. The Kier molecular flexibility index (Phi) is 4.26. The van der Waals surface area contributed by atoms with Crippen LogP contribution in [-0.4, -0.2) is 0 Å². The quantitative estimate of drug-likeness (QED) is 0.581. The average molecular weight is 210 g/mol. The van der Waals surface area contributed by atoms with Crippen molar-refractivity contribution in [1.82, 2.24) is 0 Å². The van der Waals surface area contributed by atoms with Gasteiger partial charge in [0.2, 0.25) is 0 Å². The molecule has 0 radical (unpaired) electrons. The van der Waals surface area contributed by atoms with Gasteiger partial charge in [0.05, 0.1) is 0 Å². The summed E-state index contributed by atoms with van der Waals surface area (Å²) in [5, 5.41) is 0. The molecular weight excluding hydrogens is 180 g/mol. The van der Waals surface area contributed by atoms with Gasteiger partial charge in [0.1, 0.15) is 0 Å². The van der Waals surface area contributed by atoms with Gasteiger partial charge in [-0.3, -0.25) is 0 Å². The smallest absolute Gasteiger partial charge is 0.0246 e. The van der Waals surface area contributed by atoms with E-state index >= 15 is 0 Å². The van der Waals surface area contributed by atoms with E-state index < -0.39 is 0 Å². The Morgan fingerprint density at radius 2 is 1.73 bits per heavy atom. The molecule has 0 aromatic heterocycles. The molecule has 15 heavy (non-hydrogen) atoms. The number of rotatable bonds is 4. The molecule has 2 unspecified atom stereocenters. The highest BCUT2D eigenvalue weighted by Gasteiger charge is 2.47. The Bertz CT molecular complexity index is 190. The van der Waals surface area contributed by atoms with Crippen LogP contribution in [0.3, 0.4) is 0 Å². The second-order valence-corrected chi connectivity index (χ2v) is 6.43. The van der Waals surface area contributed by atoms with Gasteiger partial charge in [-0.05, 0) is 36.0 Å². The van der Waals surface area contributed by atoms with Crippen LogP contribution in [0.4, 0.5) is 0 Å². The monoisotopic (exact) mass is 210 g/mol. The first-order valence-corrected chi connectivity index (χ1v) is 6.98. The van der Waals surface area contributed by atoms with Crippen molar-refractivity contribution < 1.29 is 0 Å². The van der Waals surface area contributed by atoms with Gasteiger partial charge in [-0.15, -0.1) is 0 Å². The molecule has 0 spiro atoms. The van der Waals surface area contributed by atoms with Crippen LogP contribution in [0.15, 0.2) is 0 Å². The Morgan fingerprint density at radius 3 is 2.27 bits per heavy atom. The summed E-state index contributed by atoms with van der Waals surface area (Å²) in [5.41, 5.74) is 1.15. The SMILES string of the molecule is CCCC1CCCC(C)(C)C1(C)CCC. The maximum absolute atomic E-state index is 2.57. The van der Waals surface area contributed by atoms with Gasteiger partial charge in [0, 0.05) is 0 Å². The molecule has 1 saturated carbocycles. The van der Waals surface area contributed by atoms with Crippen LogP contribution >= 0.6 is 0 Å². The van der Waals surface area contributed by atoms with Crippen LogP contribution in [0.1, 0.15) is 79.6 Å². The van der Waals surface area contributed by atoms with Crippen LogP contribution in [0, 0.1) is 16.7 Å². The van der Waals surface area contributed by atoms with Gasteiger partial charge >= 0.3 is 0 Å². The van der Waals surface area contributed by atoms with Crippen LogP contribution in [0.25, 0.3) is 0 Å². The Labute approximate surface area is 96.8 Å². The average Bonchev–Trinajstić information content (AvgIpc) is 2.14. The molecule has 0 saturated heterocycles. The van der Waals surface area contributed by atoms with E-state index in [1.807, 2.05) is 0 Å². The molecule has 0 N–H and O–H groups in total. The minimum Gasteiger partial charge on any atom is -0.0654 e. The fourth-order valence-electron chi connectivity index (χ4n) is 3.82. The topological polar surface area (TPSA) is 0 Å². The molecule has 0 amide bonds. The second kappa shape index (κ2) is 4.89. The first-order chi connectivity index (χ1) is 6.98. The molecule has 1 aliphatic carbocycles. The van der Waals surface area contributed by atoms with Crippen LogP contribution in [-0.2, 0) is 0 Å². The molecular formula is C15H30. The first kappa shape index (κ1) is 13.1. The minimum absolute atomic E-state index is 0.557. The minimum atomic E-state index is 0.557. The van der Waals surface area contributed by atoms with Gasteiger partial charge in [0.25, 0.3) is 0 Å². The van der Waals surface area contributed by atoms with Gasteiger partial charge < -0.3 is 0 Å². The van der Waals surface area contributed by atoms with Crippen molar-refractivity contribution in [3.05, 3.63) is 0 Å². The second-order valence-electron chi connectivity index (χ2n) is 6.43. The predicted octanol–water partition coefficient (Wildman–Crippen LogP) is 5.42. The maximum atomic E-state index is 2.57. The van der Waals surface area contributed by atoms with Crippen molar-refractivity contribution in [3.8, 4) is 0 Å².